The maximum absolute atomic E-state index is 12.7. The molecule has 0 unspecified atom stereocenters. The molecular weight excluding hydrogens is 408 g/mol. The Balaban J connectivity index is 1.39. The van der Waals surface area contributed by atoms with Gasteiger partial charge in [-0.05, 0) is 43.9 Å². The van der Waals surface area contributed by atoms with E-state index in [1.54, 1.807) is 0 Å². The van der Waals surface area contributed by atoms with Gasteiger partial charge in [-0.3, -0.25) is 9.59 Å². The summed E-state index contributed by atoms with van der Waals surface area (Å²) in [5.74, 6) is 1.27. The summed E-state index contributed by atoms with van der Waals surface area (Å²) in [6.45, 7) is 3.55. The first-order valence-corrected chi connectivity index (χ1v) is 10.9. The largest absolute Gasteiger partial charge is 0.493 e. The molecule has 5 nitrogen and oxygen atoms in total. The molecule has 0 radical (unpaired) electrons. The molecule has 1 aromatic carbocycles. The molecule has 0 aromatic heterocycles. The smallest absolute Gasteiger partial charge is 0.225 e. The first-order chi connectivity index (χ1) is 13.1. The molecular formula is C21H29BrN2O3. The second-order valence-electron chi connectivity index (χ2n) is 7.45. The Morgan fingerprint density at radius 1 is 1.00 bits per heavy atom. The van der Waals surface area contributed by atoms with Crippen LogP contribution in [0.1, 0.15) is 44.9 Å². The van der Waals surface area contributed by atoms with Crippen LogP contribution in [0.5, 0.6) is 5.75 Å². The highest BCUT2D eigenvalue weighted by Gasteiger charge is 2.30. The number of carbonyl (C=O) groups excluding carboxylic acids is 2. The van der Waals surface area contributed by atoms with Gasteiger partial charge < -0.3 is 14.5 Å². The number of nitrogens with zero attached hydrogens (tertiary/aromatic N) is 2. The van der Waals surface area contributed by atoms with Crippen LogP contribution in [0.2, 0.25) is 0 Å². The minimum absolute atomic E-state index is 0.0880. The van der Waals surface area contributed by atoms with Crippen LogP contribution < -0.4 is 4.74 Å². The van der Waals surface area contributed by atoms with Crippen molar-refractivity contribution >= 4 is 27.7 Å². The number of amides is 2. The van der Waals surface area contributed by atoms with Gasteiger partial charge in [-0.15, -0.1) is 0 Å². The third-order valence-corrected chi connectivity index (χ3v) is 5.99. The van der Waals surface area contributed by atoms with E-state index in [9.17, 15) is 9.59 Å². The van der Waals surface area contributed by atoms with Gasteiger partial charge in [-0.2, -0.15) is 0 Å². The predicted octanol–water partition coefficient (Wildman–Crippen LogP) is 3.86. The summed E-state index contributed by atoms with van der Waals surface area (Å²) in [6.07, 6.45) is 6.66. The average molecular weight is 437 g/mol. The molecule has 0 bridgehead atoms. The molecule has 3 rings (SSSR count). The molecule has 27 heavy (non-hydrogen) atoms. The molecule has 2 saturated heterocycles. The molecule has 0 N–H and O–H groups in total. The summed E-state index contributed by atoms with van der Waals surface area (Å²) in [5, 5.41) is 0. The Morgan fingerprint density at radius 2 is 1.70 bits per heavy atom. The van der Waals surface area contributed by atoms with Crippen molar-refractivity contribution in [3.8, 4) is 5.75 Å². The number of rotatable bonds is 5. The summed E-state index contributed by atoms with van der Waals surface area (Å²) in [4.78, 5) is 29.1. The number of hydrogen-bond donors (Lipinski definition) is 0. The second-order valence-corrected chi connectivity index (χ2v) is 8.37. The van der Waals surface area contributed by atoms with Crippen LogP contribution in [0.4, 0.5) is 0 Å². The second kappa shape index (κ2) is 10.1. The summed E-state index contributed by atoms with van der Waals surface area (Å²) in [5.41, 5.74) is 0. The molecule has 148 valence electrons. The predicted molar refractivity (Wildman–Crippen MR) is 109 cm³/mol. The zero-order valence-electron chi connectivity index (χ0n) is 15.9. The lowest BCUT2D eigenvalue weighted by molar-refractivity contribution is -0.141. The lowest BCUT2D eigenvalue weighted by atomic mass is 9.95. The van der Waals surface area contributed by atoms with E-state index in [4.69, 9.17) is 4.74 Å². The molecule has 2 aliphatic heterocycles. The molecule has 0 atom stereocenters. The van der Waals surface area contributed by atoms with Crippen molar-refractivity contribution in [2.24, 2.45) is 5.92 Å². The number of likely N-dealkylation sites (tertiary alicyclic amines) is 2. The summed E-state index contributed by atoms with van der Waals surface area (Å²) in [6, 6.07) is 7.63. The minimum Gasteiger partial charge on any atom is -0.493 e. The van der Waals surface area contributed by atoms with E-state index in [1.807, 2.05) is 29.2 Å². The Hall–Kier alpha value is -1.56. The molecule has 1 aromatic rings. The maximum Gasteiger partial charge on any atom is 0.225 e. The van der Waals surface area contributed by atoms with Gasteiger partial charge in [0.15, 0.2) is 0 Å². The molecule has 0 saturated carbocycles. The quantitative estimate of drug-likeness (QED) is 0.703. The van der Waals surface area contributed by atoms with Crippen LogP contribution >= 0.6 is 15.9 Å². The highest BCUT2D eigenvalue weighted by molar-refractivity contribution is 9.10. The summed E-state index contributed by atoms with van der Waals surface area (Å²) in [7, 11) is 0. The van der Waals surface area contributed by atoms with E-state index in [-0.39, 0.29) is 11.8 Å². The first kappa shape index (κ1) is 20.2. The molecule has 2 aliphatic rings. The third kappa shape index (κ3) is 5.96. The van der Waals surface area contributed by atoms with Gasteiger partial charge in [0.1, 0.15) is 5.75 Å². The Labute approximate surface area is 170 Å². The van der Waals surface area contributed by atoms with Crippen LogP contribution in [0.3, 0.4) is 0 Å². The fraction of sp³-hybridized carbons (Fsp3) is 0.619. The summed E-state index contributed by atoms with van der Waals surface area (Å²) >= 11 is 3.41. The van der Waals surface area contributed by atoms with Crippen molar-refractivity contribution in [1.29, 1.82) is 0 Å². The molecule has 6 heteroatoms. The number of benzene rings is 1. The lowest BCUT2D eigenvalue weighted by Gasteiger charge is -2.34. The third-order valence-electron chi connectivity index (χ3n) is 5.50. The monoisotopic (exact) mass is 436 g/mol. The SMILES string of the molecule is O=C(CCOc1cccc(Br)c1)N1CCC(C(=O)N2CCCCCC2)CC1. The van der Waals surface area contributed by atoms with E-state index >= 15 is 0 Å². The van der Waals surface area contributed by atoms with Gasteiger partial charge in [0.2, 0.25) is 11.8 Å². The fourth-order valence-corrected chi connectivity index (χ4v) is 4.27. The fourth-order valence-electron chi connectivity index (χ4n) is 3.90. The van der Waals surface area contributed by atoms with Gasteiger partial charge in [0.05, 0.1) is 13.0 Å². The number of piperidine rings is 1. The maximum atomic E-state index is 12.7. The highest BCUT2D eigenvalue weighted by Crippen LogP contribution is 2.22. The lowest BCUT2D eigenvalue weighted by Crippen LogP contribution is -2.44. The first-order valence-electron chi connectivity index (χ1n) is 10.1. The zero-order chi connectivity index (χ0) is 19.1. The van der Waals surface area contributed by atoms with Gasteiger partial charge in [0, 0.05) is 36.6 Å². The molecule has 2 fully saturated rings. The van der Waals surface area contributed by atoms with Crippen LogP contribution in [0.15, 0.2) is 28.7 Å². The molecule has 0 aliphatic carbocycles. The number of hydrogen-bond acceptors (Lipinski definition) is 3. The standard InChI is InChI=1S/C21H29BrN2O3/c22-18-6-5-7-19(16-18)27-15-10-20(25)23-13-8-17(9-14-23)21(26)24-11-3-1-2-4-12-24/h5-7,16-17H,1-4,8-15H2. The van der Waals surface area contributed by atoms with Gasteiger partial charge in [-0.25, -0.2) is 0 Å². The Bertz CT molecular complexity index is 636. The van der Waals surface area contributed by atoms with Crippen molar-refractivity contribution in [3.05, 3.63) is 28.7 Å². The van der Waals surface area contributed by atoms with Crippen LogP contribution in [-0.2, 0) is 9.59 Å². The normalized spacial score (nSPS) is 18.9. The van der Waals surface area contributed by atoms with Crippen molar-refractivity contribution < 1.29 is 14.3 Å². The van der Waals surface area contributed by atoms with E-state index in [2.05, 4.69) is 20.8 Å². The minimum atomic E-state index is 0.0880. The Morgan fingerprint density at radius 3 is 2.37 bits per heavy atom. The highest BCUT2D eigenvalue weighted by atomic mass is 79.9. The van der Waals surface area contributed by atoms with Gasteiger partial charge >= 0.3 is 0 Å². The summed E-state index contributed by atoms with van der Waals surface area (Å²) < 4.78 is 6.62. The van der Waals surface area contributed by atoms with Crippen LogP contribution in [0.25, 0.3) is 0 Å². The average Bonchev–Trinajstić information content (AvgIpc) is 2.97. The molecule has 0 spiro atoms. The molecule has 2 heterocycles. The number of carbonyl (C=O) groups is 2. The van der Waals surface area contributed by atoms with Crippen molar-refractivity contribution in [1.82, 2.24) is 9.80 Å². The van der Waals surface area contributed by atoms with E-state index < -0.39 is 0 Å². The van der Waals surface area contributed by atoms with Gasteiger partial charge in [0.25, 0.3) is 0 Å². The van der Waals surface area contributed by atoms with E-state index in [0.29, 0.717) is 32.0 Å². The topological polar surface area (TPSA) is 49.9 Å². The number of ether oxygens (including phenoxy) is 1. The van der Waals surface area contributed by atoms with Crippen LogP contribution in [-0.4, -0.2) is 54.4 Å². The van der Waals surface area contributed by atoms with E-state index in [1.165, 1.54) is 12.8 Å². The van der Waals surface area contributed by atoms with Gasteiger partial charge in [-0.1, -0.05) is 34.8 Å². The van der Waals surface area contributed by atoms with E-state index in [0.717, 1.165) is 49.0 Å². The molecule has 2 amide bonds. The van der Waals surface area contributed by atoms with Crippen molar-refractivity contribution in [2.45, 2.75) is 44.9 Å². The van der Waals surface area contributed by atoms with Crippen molar-refractivity contribution in [3.63, 3.8) is 0 Å². The van der Waals surface area contributed by atoms with Crippen LogP contribution in [0, 0.1) is 5.92 Å². The van der Waals surface area contributed by atoms with Crippen molar-refractivity contribution in [2.75, 3.05) is 32.8 Å². The Kier molecular flexibility index (Phi) is 7.56. The zero-order valence-corrected chi connectivity index (χ0v) is 17.5. The number of halogens is 1.